The number of nitrogens with zero attached hydrogens (tertiary/aromatic N) is 1. The third-order valence-electron chi connectivity index (χ3n) is 12.1. The Morgan fingerprint density at radius 3 is 1.45 bits per heavy atom. The first-order chi connectivity index (χ1) is 28.8. The molecule has 0 unspecified atom stereocenters. The lowest BCUT2D eigenvalue weighted by Crippen LogP contribution is -2.73. The van der Waals surface area contributed by atoms with E-state index in [1.807, 2.05) is 0 Å². The van der Waals surface area contributed by atoms with Gasteiger partial charge in [0.1, 0.15) is 0 Å². The summed E-state index contributed by atoms with van der Waals surface area (Å²) in [6.07, 6.45) is 0. The molecule has 0 N–H and O–H groups in total. The van der Waals surface area contributed by atoms with E-state index in [0.29, 0.717) is 0 Å². The molecular formula is C56H39NSi. The van der Waals surface area contributed by atoms with Gasteiger partial charge >= 0.3 is 0 Å². The molecule has 0 fully saturated rings. The summed E-state index contributed by atoms with van der Waals surface area (Å²) >= 11 is 0. The second-order valence-electron chi connectivity index (χ2n) is 15.2. The van der Waals surface area contributed by atoms with Crippen LogP contribution in [0.15, 0.2) is 237 Å². The van der Waals surface area contributed by atoms with Crippen molar-refractivity contribution in [1.82, 2.24) is 0 Å². The third-order valence-corrected chi connectivity index (χ3v) is 17.0. The summed E-state index contributed by atoms with van der Waals surface area (Å²) < 4.78 is 0. The molecule has 0 aromatic heterocycles. The quantitative estimate of drug-likeness (QED) is 0.147. The number of rotatable bonds is 7. The molecule has 0 atom stereocenters. The van der Waals surface area contributed by atoms with Crippen LogP contribution in [-0.2, 0) is 0 Å². The molecule has 58 heavy (non-hydrogen) atoms. The van der Waals surface area contributed by atoms with Crippen LogP contribution in [0.25, 0.3) is 54.9 Å². The monoisotopic (exact) mass is 753 g/mol. The molecule has 10 aromatic rings. The molecule has 0 amide bonds. The number of hydrogen-bond donors (Lipinski definition) is 0. The minimum absolute atomic E-state index is 1.12. The van der Waals surface area contributed by atoms with Crippen molar-refractivity contribution in [1.29, 1.82) is 0 Å². The van der Waals surface area contributed by atoms with Crippen molar-refractivity contribution in [2.45, 2.75) is 0 Å². The van der Waals surface area contributed by atoms with Gasteiger partial charge in [0.2, 0.25) is 0 Å². The third kappa shape index (κ3) is 5.30. The van der Waals surface area contributed by atoms with E-state index in [1.165, 1.54) is 81.4 Å². The number of hydrogen-bond acceptors (Lipinski definition) is 1. The summed E-state index contributed by atoms with van der Waals surface area (Å²) in [5, 5.41) is 10.8. The van der Waals surface area contributed by atoms with Crippen LogP contribution in [0.3, 0.4) is 0 Å². The fourth-order valence-corrected chi connectivity index (χ4v) is 15.1. The molecule has 2 heteroatoms. The van der Waals surface area contributed by atoms with E-state index in [-0.39, 0.29) is 0 Å². The maximum absolute atomic E-state index is 2.72. The molecule has 272 valence electrons. The molecule has 1 heterocycles. The van der Waals surface area contributed by atoms with Crippen molar-refractivity contribution < 1.29 is 0 Å². The number of para-hydroxylation sites is 1. The lowest BCUT2D eigenvalue weighted by Gasteiger charge is -2.33. The van der Waals surface area contributed by atoms with Gasteiger partial charge in [-0.3, -0.25) is 0 Å². The van der Waals surface area contributed by atoms with Crippen LogP contribution in [-0.4, -0.2) is 8.07 Å². The molecule has 1 aliphatic heterocycles. The second kappa shape index (κ2) is 14.0. The average molecular weight is 754 g/mol. The van der Waals surface area contributed by atoms with Gasteiger partial charge in [-0.2, -0.15) is 0 Å². The highest BCUT2D eigenvalue weighted by atomic mass is 28.3. The van der Waals surface area contributed by atoms with Crippen molar-refractivity contribution >= 4 is 67.4 Å². The van der Waals surface area contributed by atoms with Gasteiger partial charge in [-0.25, -0.2) is 0 Å². The van der Waals surface area contributed by atoms with Gasteiger partial charge in [-0.1, -0.05) is 206 Å². The lowest BCUT2D eigenvalue weighted by molar-refractivity contribution is 1.30. The molecule has 0 radical (unpaired) electrons. The van der Waals surface area contributed by atoms with Crippen molar-refractivity contribution in [3.8, 4) is 33.4 Å². The Hall–Kier alpha value is -7.26. The van der Waals surface area contributed by atoms with Gasteiger partial charge in [0, 0.05) is 16.8 Å². The fraction of sp³-hybridized carbons (Fsp3) is 0. The predicted octanol–water partition coefficient (Wildman–Crippen LogP) is 12.2. The topological polar surface area (TPSA) is 3.24 Å². The van der Waals surface area contributed by atoms with Crippen LogP contribution in [0.5, 0.6) is 0 Å². The zero-order valence-corrected chi connectivity index (χ0v) is 33.0. The molecule has 1 aliphatic rings. The smallest absolute Gasteiger partial charge is 0.181 e. The lowest BCUT2D eigenvalue weighted by atomic mass is 9.91. The maximum atomic E-state index is 2.49. The molecule has 10 aromatic carbocycles. The molecule has 0 spiro atoms. The highest BCUT2D eigenvalue weighted by molar-refractivity contribution is 7.23. The molecule has 0 saturated heterocycles. The van der Waals surface area contributed by atoms with E-state index < -0.39 is 8.07 Å². The van der Waals surface area contributed by atoms with Gasteiger partial charge in [0.15, 0.2) is 8.07 Å². The Morgan fingerprint density at radius 1 is 0.328 bits per heavy atom. The van der Waals surface area contributed by atoms with Crippen molar-refractivity contribution in [2.24, 2.45) is 0 Å². The Labute approximate surface area is 340 Å². The van der Waals surface area contributed by atoms with E-state index in [1.54, 1.807) is 0 Å². The first kappa shape index (κ1) is 34.0. The van der Waals surface area contributed by atoms with Crippen LogP contribution in [0.1, 0.15) is 0 Å². The van der Waals surface area contributed by atoms with E-state index in [9.17, 15) is 0 Å². The van der Waals surface area contributed by atoms with Crippen LogP contribution in [0.2, 0.25) is 0 Å². The summed E-state index contributed by atoms with van der Waals surface area (Å²) in [6.45, 7) is 0. The van der Waals surface area contributed by atoms with E-state index >= 15 is 0 Å². The first-order valence-corrected chi connectivity index (χ1v) is 22.1. The van der Waals surface area contributed by atoms with Gasteiger partial charge in [0.05, 0.1) is 5.69 Å². The largest absolute Gasteiger partial charge is 0.310 e. The van der Waals surface area contributed by atoms with Crippen molar-refractivity contribution in [3.05, 3.63) is 237 Å². The SMILES string of the molecule is c1ccc(-c2cccc3cccc(-c4ccc(N(c5ccccc5)c5cc6c(c7ccccc57)[Si](c5ccccc5)(c5ccccc5)c5ccccc5-6)cc4)c23)cc1. The Balaban J connectivity index is 1.14. The number of benzene rings is 10. The van der Waals surface area contributed by atoms with Crippen molar-refractivity contribution in [3.63, 3.8) is 0 Å². The predicted molar refractivity (Wildman–Crippen MR) is 250 cm³/mol. The maximum Gasteiger partial charge on any atom is 0.181 e. The van der Waals surface area contributed by atoms with E-state index in [2.05, 4.69) is 241 Å². The second-order valence-corrected chi connectivity index (χ2v) is 18.9. The zero-order chi connectivity index (χ0) is 38.5. The van der Waals surface area contributed by atoms with Crippen LogP contribution in [0, 0.1) is 0 Å². The number of anilines is 3. The zero-order valence-electron chi connectivity index (χ0n) is 32.0. The molecule has 1 nitrogen and oxygen atoms in total. The molecule has 0 aliphatic carbocycles. The van der Waals surface area contributed by atoms with Crippen LogP contribution in [0.4, 0.5) is 17.1 Å². The molecule has 11 rings (SSSR count). The summed E-state index contributed by atoms with van der Waals surface area (Å²) in [4.78, 5) is 2.46. The molecule has 0 bridgehead atoms. The van der Waals surface area contributed by atoms with Gasteiger partial charge in [-0.05, 0) is 101 Å². The fourth-order valence-electron chi connectivity index (χ4n) is 9.71. The first-order valence-electron chi connectivity index (χ1n) is 20.1. The highest BCUT2D eigenvalue weighted by Crippen LogP contribution is 2.44. The summed E-state index contributed by atoms with van der Waals surface area (Å²) in [5.74, 6) is 0. The van der Waals surface area contributed by atoms with Crippen LogP contribution < -0.4 is 25.6 Å². The van der Waals surface area contributed by atoms with Gasteiger partial charge < -0.3 is 4.90 Å². The molecule has 0 saturated carbocycles. The van der Waals surface area contributed by atoms with E-state index in [0.717, 1.165) is 11.4 Å². The standard InChI is InChI=1S/C56H39NSi/c1-5-19-40(20-6-1)47-32-17-21-42-22-18-33-48(55(42)47)41-35-37-44(38-36-41)57(43-23-7-2-8-24-43)53-39-52-50-30-15-16-34-54(50)58(45-25-9-3-10-26-45,46-27-11-4-12-28-46)56(52)51-31-14-13-29-49(51)53/h1-39H. The van der Waals surface area contributed by atoms with Crippen LogP contribution >= 0.6 is 0 Å². The minimum Gasteiger partial charge on any atom is -0.310 e. The summed E-state index contributed by atoms with van der Waals surface area (Å²) in [5.41, 5.74) is 11.0. The normalized spacial score (nSPS) is 12.6. The minimum atomic E-state index is -2.72. The Morgan fingerprint density at radius 2 is 0.810 bits per heavy atom. The Kier molecular flexibility index (Phi) is 8.23. The van der Waals surface area contributed by atoms with Gasteiger partial charge in [-0.15, -0.1) is 0 Å². The van der Waals surface area contributed by atoms with Gasteiger partial charge in [0.25, 0.3) is 0 Å². The number of fused-ring (bicyclic) bond motifs is 6. The molecular weight excluding hydrogens is 715 g/mol. The summed E-state index contributed by atoms with van der Waals surface area (Å²) in [7, 11) is -2.72. The average Bonchev–Trinajstić information content (AvgIpc) is 3.61. The Bertz CT molecular complexity index is 3040. The van der Waals surface area contributed by atoms with Crippen molar-refractivity contribution in [2.75, 3.05) is 4.90 Å². The summed E-state index contributed by atoms with van der Waals surface area (Å²) in [6, 6.07) is 87.5. The van der Waals surface area contributed by atoms with E-state index in [4.69, 9.17) is 0 Å². The highest BCUT2D eigenvalue weighted by Gasteiger charge is 2.50.